The lowest BCUT2D eigenvalue weighted by Crippen LogP contribution is -2.19. The van der Waals surface area contributed by atoms with Crippen LogP contribution in [0.2, 0.25) is 0 Å². The van der Waals surface area contributed by atoms with E-state index < -0.39 is 0 Å². The fourth-order valence-electron chi connectivity index (χ4n) is 2.31. The summed E-state index contributed by atoms with van der Waals surface area (Å²) in [6, 6.07) is 15.3. The number of halogens is 1. The fraction of sp³-hybridized carbons (Fsp3) is 0.158. The second kappa shape index (κ2) is 9.38. The molecule has 6 nitrogen and oxygen atoms in total. The number of hydrogen-bond acceptors (Lipinski definition) is 4. The summed E-state index contributed by atoms with van der Waals surface area (Å²) in [5.74, 6) is 1.52. The highest BCUT2D eigenvalue weighted by atomic mass is 79.9. The van der Waals surface area contributed by atoms with Crippen LogP contribution in [0.1, 0.15) is 6.92 Å². The Balaban J connectivity index is 1.54. The van der Waals surface area contributed by atoms with Gasteiger partial charge in [0.2, 0.25) is 0 Å². The van der Waals surface area contributed by atoms with Crippen LogP contribution in [0.5, 0.6) is 11.5 Å². The lowest BCUT2D eigenvalue weighted by atomic mass is 10.3. The zero-order chi connectivity index (χ0) is 19.1. The molecule has 8 heteroatoms. The highest BCUT2D eigenvalue weighted by Crippen LogP contribution is 2.24. The lowest BCUT2D eigenvalue weighted by Gasteiger charge is -2.13. The standard InChI is InChI=1S/C19H19BrN4O2S/c1-2-25-18-6-4-3-5-17(18)23-19(27)22-15-11-21-24(12-15)13-26-16-9-7-14(20)8-10-16/h3-12H,2,13H2,1H3,(H2,22,23,27). The van der Waals surface area contributed by atoms with Gasteiger partial charge in [-0.2, -0.15) is 5.10 Å². The Kier molecular flexibility index (Phi) is 6.67. The molecule has 0 aliphatic rings. The van der Waals surface area contributed by atoms with E-state index in [2.05, 4.69) is 31.7 Å². The molecule has 0 spiro atoms. The van der Waals surface area contributed by atoms with Crippen LogP contribution in [0.15, 0.2) is 65.4 Å². The van der Waals surface area contributed by atoms with Gasteiger partial charge >= 0.3 is 0 Å². The molecule has 27 heavy (non-hydrogen) atoms. The predicted molar refractivity (Wildman–Crippen MR) is 114 cm³/mol. The zero-order valence-corrected chi connectivity index (χ0v) is 17.1. The molecule has 140 valence electrons. The largest absolute Gasteiger partial charge is 0.492 e. The number of rotatable bonds is 7. The van der Waals surface area contributed by atoms with Gasteiger partial charge in [-0.1, -0.05) is 28.1 Å². The van der Waals surface area contributed by atoms with Gasteiger partial charge in [-0.15, -0.1) is 0 Å². The van der Waals surface area contributed by atoms with Crippen LogP contribution < -0.4 is 20.1 Å². The first-order valence-electron chi connectivity index (χ1n) is 8.34. The second-order valence-electron chi connectivity index (χ2n) is 5.50. The molecule has 0 unspecified atom stereocenters. The third kappa shape index (κ3) is 5.70. The second-order valence-corrected chi connectivity index (χ2v) is 6.83. The van der Waals surface area contributed by atoms with Gasteiger partial charge in [0.1, 0.15) is 11.5 Å². The molecule has 0 aliphatic carbocycles. The van der Waals surface area contributed by atoms with Crippen LogP contribution in [0.3, 0.4) is 0 Å². The Morgan fingerprint density at radius 3 is 2.67 bits per heavy atom. The Morgan fingerprint density at radius 1 is 1.11 bits per heavy atom. The SMILES string of the molecule is CCOc1ccccc1NC(=S)Nc1cnn(COc2ccc(Br)cc2)c1. The Morgan fingerprint density at radius 2 is 1.89 bits per heavy atom. The van der Waals surface area contributed by atoms with E-state index in [9.17, 15) is 0 Å². The zero-order valence-electron chi connectivity index (χ0n) is 14.7. The van der Waals surface area contributed by atoms with Gasteiger partial charge in [0.15, 0.2) is 11.8 Å². The maximum Gasteiger partial charge on any atom is 0.180 e. The van der Waals surface area contributed by atoms with Crippen molar-refractivity contribution >= 4 is 44.6 Å². The minimum atomic E-state index is 0.302. The van der Waals surface area contributed by atoms with Crippen molar-refractivity contribution in [2.45, 2.75) is 13.7 Å². The monoisotopic (exact) mass is 446 g/mol. The summed E-state index contributed by atoms with van der Waals surface area (Å²) in [6.07, 6.45) is 3.51. The average Bonchev–Trinajstić information content (AvgIpc) is 3.10. The van der Waals surface area contributed by atoms with Crippen molar-refractivity contribution in [1.29, 1.82) is 0 Å². The molecule has 2 N–H and O–H groups in total. The van der Waals surface area contributed by atoms with Crippen molar-refractivity contribution in [2.24, 2.45) is 0 Å². The van der Waals surface area contributed by atoms with Crippen molar-refractivity contribution in [3.63, 3.8) is 0 Å². The van der Waals surface area contributed by atoms with Crippen LogP contribution >= 0.6 is 28.1 Å². The number of ether oxygens (including phenoxy) is 2. The lowest BCUT2D eigenvalue weighted by molar-refractivity contribution is 0.221. The highest BCUT2D eigenvalue weighted by Gasteiger charge is 2.06. The summed E-state index contributed by atoms with van der Waals surface area (Å²) in [6.45, 7) is 2.83. The Bertz CT molecular complexity index is 899. The molecule has 0 radical (unpaired) electrons. The number of benzene rings is 2. The summed E-state index contributed by atoms with van der Waals surface area (Å²) in [7, 11) is 0. The van der Waals surface area contributed by atoms with E-state index >= 15 is 0 Å². The van der Waals surface area contributed by atoms with Gasteiger partial charge in [0, 0.05) is 4.47 Å². The van der Waals surface area contributed by atoms with Crippen LogP contribution in [-0.2, 0) is 6.73 Å². The molecule has 0 saturated carbocycles. The van der Waals surface area contributed by atoms with Crippen molar-refractivity contribution in [3.8, 4) is 11.5 Å². The maximum absolute atomic E-state index is 5.69. The third-order valence-corrected chi connectivity index (χ3v) is 4.24. The number of hydrogen-bond donors (Lipinski definition) is 2. The summed E-state index contributed by atoms with van der Waals surface area (Å²) >= 11 is 8.77. The molecule has 3 aromatic rings. The molecule has 0 bridgehead atoms. The number of aromatic nitrogens is 2. The smallest absolute Gasteiger partial charge is 0.180 e. The maximum atomic E-state index is 5.69. The molecule has 1 heterocycles. The van der Waals surface area contributed by atoms with Crippen LogP contribution in [0.4, 0.5) is 11.4 Å². The first-order valence-corrected chi connectivity index (χ1v) is 9.55. The molecular weight excluding hydrogens is 428 g/mol. The molecule has 3 rings (SSSR count). The first kappa shape index (κ1) is 19.2. The number of anilines is 2. The van der Waals surface area contributed by atoms with Gasteiger partial charge in [0.25, 0.3) is 0 Å². The van der Waals surface area contributed by atoms with E-state index in [0.29, 0.717) is 18.5 Å². The minimum absolute atomic E-state index is 0.302. The van der Waals surface area contributed by atoms with E-state index in [0.717, 1.165) is 27.3 Å². The topological polar surface area (TPSA) is 60.3 Å². The van der Waals surface area contributed by atoms with Crippen molar-refractivity contribution < 1.29 is 9.47 Å². The number of thiocarbonyl (C=S) groups is 1. The third-order valence-electron chi connectivity index (χ3n) is 3.50. The van der Waals surface area contributed by atoms with E-state index in [4.69, 9.17) is 21.7 Å². The van der Waals surface area contributed by atoms with Gasteiger partial charge in [-0.25, -0.2) is 4.68 Å². The normalized spacial score (nSPS) is 10.3. The van der Waals surface area contributed by atoms with Crippen molar-refractivity contribution in [2.75, 3.05) is 17.2 Å². The highest BCUT2D eigenvalue weighted by molar-refractivity contribution is 9.10. The van der Waals surface area contributed by atoms with Crippen LogP contribution in [0.25, 0.3) is 0 Å². The molecule has 0 saturated heterocycles. The first-order chi connectivity index (χ1) is 13.1. The average molecular weight is 447 g/mol. The quantitative estimate of drug-likeness (QED) is 0.503. The molecule has 0 atom stereocenters. The van der Waals surface area contributed by atoms with E-state index in [1.807, 2.05) is 61.7 Å². The van der Waals surface area contributed by atoms with E-state index in [1.54, 1.807) is 10.9 Å². The molecule has 0 amide bonds. The summed E-state index contributed by atoms with van der Waals surface area (Å²) in [5.41, 5.74) is 1.57. The predicted octanol–water partition coefficient (Wildman–Crippen LogP) is 4.89. The van der Waals surface area contributed by atoms with Crippen molar-refractivity contribution in [1.82, 2.24) is 9.78 Å². The fourth-order valence-corrected chi connectivity index (χ4v) is 2.80. The summed E-state index contributed by atoms with van der Waals surface area (Å²) in [4.78, 5) is 0. The number of para-hydroxylation sites is 2. The summed E-state index contributed by atoms with van der Waals surface area (Å²) < 4.78 is 14.0. The van der Waals surface area contributed by atoms with Gasteiger partial charge < -0.3 is 20.1 Å². The van der Waals surface area contributed by atoms with Crippen LogP contribution in [0, 0.1) is 0 Å². The number of nitrogens with one attached hydrogen (secondary N) is 2. The Hall–Kier alpha value is -2.58. The molecular formula is C19H19BrN4O2S. The molecule has 0 fully saturated rings. The van der Waals surface area contributed by atoms with E-state index in [1.165, 1.54) is 0 Å². The molecule has 1 aromatic heterocycles. The van der Waals surface area contributed by atoms with Crippen LogP contribution in [-0.4, -0.2) is 21.5 Å². The number of nitrogens with zero attached hydrogens (tertiary/aromatic N) is 2. The molecule has 0 aliphatic heterocycles. The van der Waals surface area contributed by atoms with Gasteiger partial charge in [-0.05, 0) is 55.5 Å². The summed E-state index contributed by atoms with van der Waals surface area (Å²) in [5, 5.41) is 11.0. The van der Waals surface area contributed by atoms with E-state index in [-0.39, 0.29) is 0 Å². The molecule has 2 aromatic carbocycles. The minimum Gasteiger partial charge on any atom is -0.492 e. The van der Waals surface area contributed by atoms with Gasteiger partial charge in [0.05, 0.1) is 30.4 Å². The van der Waals surface area contributed by atoms with Crippen molar-refractivity contribution in [3.05, 3.63) is 65.4 Å². The Labute approximate surface area is 171 Å². The van der Waals surface area contributed by atoms with Gasteiger partial charge in [-0.3, -0.25) is 0 Å².